The molecule has 1 saturated carbocycles. The minimum absolute atomic E-state index is 0.127. The first-order valence-electron chi connectivity index (χ1n) is 6.78. The second-order valence-electron chi connectivity index (χ2n) is 5.10. The van der Waals surface area contributed by atoms with Gasteiger partial charge in [-0.1, -0.05) is 0 Å². The molecule has 0 N–H and O–H groups in total. The van der Waals surface area contributed by atoms with Gasteiger partial charge in [-0.3, -0.25) is 0 Å². The number of pyridine rings is 1. The average molecular weight is 280 g/mol. The maximum Gasteiger partial charge on any atom is 0.160 e. The van der Waals surface area contributed by atoms with Crippen LogP contribution < -0.4 is 0 Å². The van der Waals surface area contributed by atoms with Crippen LogP contribution in [0.4, 0.5) is 0 Å². The molecule has 2 aromatic heterocycles. The summed E-state index contributed by atoms with van der Waals surface area (Å²) in [5.41, 5.74) is 1.78. The molecular weight excluding hydrogens is 262 g/mol. The van der Waals surface area contributed by atoms with Crippen LogP contribution in [0, 0.1) is 5.92 Å². The Kier molecular flexibility index (Phi) is 3.71. The van der Waals surface area contributed by atoms with Crippen LogP contribution in [0.3, 0.4) is 0 Å². The van der Waals surface area contributed by atoms with E-state index >= 15 is 0 Å². The number of fused-ring (bicyclic) bond motifs is 1. The van der Waals surface area contributed by atoms with Crippen molar-refractivity contribution < 1.29 is 4.74 Å². The summed E-state index contributed by atoms with van der Waals surface area (Å²) in [5.74, 6) is 1.66. The largest absolute Gasteiger partial charge is 0.379 e. The molecule has 0 bridgehead atoms. The van der Waals surface area contributed by atoms with Crippen molar-refractivity contribution in [3.8, 4) is 0 Å². The van der Waals surface area contributed by atoms with E-state index in [1.54, 1.807) is 6.20 Å². The molecule has 102 valence electrons. The van der Waals surface area contributed by atoms with Gasteiger partial charge in [-0.2, -0.15) is 0 Å². The zero-order valence-corrected chi connectivity index (χ0v) is 11.8. The molecule has 1 unspecified atom stereocenters. The van der Waals surface area contributed by atoms with Crippen LogP contribution in [-0.2, 0) is 11.3 Å². The normalized spacial score (nSPS) is 16.9. The summed E-state index contributed by atoms with van der Waals surface area (Å²) in [6.07, 6.45) is 4.42. The summed E-state index contributed by atoms with van der Waals surface area (Å²) < 4.78 is 7.76. The lowest BCUT2D eigenvalue weighted by Gasteiger charge is -2.10. The second-order valence-corrected chi connectivity index (χ2v) is 5.76. The van der Waals surface area contributed by atoms with Gasteiger partial charge >= 0.3 is 0 Å². The second kappa shape index (κ2) is 5.47. The van der Waals surface area contributed by atoms with Crippen molar-refractivity contribution in [2.75, 3.05) is 13.2 Å². The monoisotopic (exact) mass is 279 g/mol. The lowest BCUT2D eigenvalue weighted by Crippen LogP contribution is -2.11. The minimum atomic E-state index is -0.127. The first-order chi connectivity index (χ1) is 9.25. The van der Waals surface area contributed by atoms with Gasteiger partial charge in [0.1, 0.15) is 11.3 Å². The first kappa shape index (κ1) is 12.9. The van der Waals surface area contributed by atoms with Crippen molar-refractivity contribution >= 4 is 22.8 Å². The van der Waals surface area contributed by atoms with Crippen LogP contribution >= 0.6 is 11.6 Å². The van der Waals surface area contributed by atoms with Crippen LogP contribution in [0.5, 0.6) is 0 Å². The van der Waals surface area contributed by atoms with E-state index in [9.17, 15) is 0 Å². The van der Waals surface area contributed by atoms with Crippen molar-refractivity contribution in [3.63, 3.8) is 0 Å². The predicted molar refractivity (Wildman–Crippen MR) is 75.3 cm³/mol. The number of aromatic nitrogens is 3. The standard InChI is InChI=1S/C14H18ClN3O/c1-10(15)13-17-12-3-2-6-16-14(12)18(13)7-8-19-9-11-4-5-11/h2-3,6,10-11H,4-5,7-9H2,1H3. The van der Waals surface area contributed by atoms with Gasteiger partial charge in [0, 0.05) is 19.3 Å². The Bertz CT molecular complexity index is 563. The molecule has 2 aromatic rings. The summed E-state index contributed by atoms with van der Waals surface area (Å²) in [6.45, 7) is 4.26. The van der Waals surface area contributed by atoms with Crippen molar-refractivity contribution in [2.24, 2.45) is 5.92 Å². The van der Waals surface area contributed by atoms with Crippen molar-refractivity contribution in [2.45, 2.75) is 31.7 Å². The molecule has 1 atom stereocenters. The highest BCUT2D eigenvalue weighted by Crippen LogP contribution is 2.29. The van der Waals surface area contributed by atoms with Gasteiger partial charge in [-0.05, 0) is 37.8 Å². The number of rotatable bonds is 6. The summed E-state index contributed by atoms with van der Waals surface area (Å²) in [7, 11) is 0. The van der Waals surface area contributed by atoms with E-state index in [0.29, 0.717) is 6.61 Å². The van der Waals surface area contributed by atoms with Gasteiger partial charge in [0.25, 0.3) is 0 Å². The molecule has 3 rings (SSSR count). The van der Waals surface area contributed by atoms with E-state index in [1.807, 2.05) is 19.1 Å². The van der Waals surface area contributed by atoms with E-state index in [0.717, 1.165) is 36.1 Å². The van der Waals surface area contributed by atoms with Gasteiger partial charge < -0.3 is 9.30 Å². The Hall–Kier alpha value is -1.13. The molecule has 0 aliphatic heterocycles. The predicted octanol–water partition coefficient (Wildman–Crippen LogP) is 3.16. The van der Waals surface area contributed by atoms with Crippen molar-refractivity contribution in [3.05, 3.63) is 24.2 Å². The first-order valence-corrected chi connectivity index (χ1v) is 7.22. The fraction of sp³-hybridized carbons (Fsp3) is 0.571. The molecule has 19 heavy (non-hydrogen) atoms. The molecule has 0 amide bonds. The minimum Gasteiger partial charge on any atom is -0.379 e. The zero-order valence-electron chi connectivity index (χ0n) is 11.1. The third kappa shape index (κ3) is 2.90. The van der Waals surface area contributed by atoms with Gasteiger partial charge in [0.15, 0.2) is 5.65 Å². The van der Waals surface area contributed by atoms with E-state index in [-0.39, 0.29) is 5.38 Å². The summed E-state index contributed by atoms with van der Waals surface area (Å²) >= 11 is 6.20. The summed E-state index contributed by atoms with van der Waals surface area (Å²) in [5, 5.41) is -0.127. The lowest BCUT2D eigenvalue weighted by molar-refractivity contribution is 0.117. The number of hydrogen-bond donors (Lipinski definition) is 0. The summed E-state index contributed by atoms with van der Waals surface area (Å²) in [6, 6.07) is 3.86. The SMILES string of the molecule is CC(Cl)c1nc2cccnc2n1CCOCC1CC1. The number of hydrogen-bond acceptors (Lipinski definition) is 3. The Labute approximate surface area is 117 Å². The fourth-order valence-electron chi connectivity index (χ4n) is 2.19. The van der Waals surface area contributed by atoms with E-state index in [4.69, 9.17) is 16.3 Å². The molecule has 0 spiro atoms. The van der Waals surface area contributed by atoms with Crippen LogP contribution in [0.1, 0.15) is 31.0 Å². The fourth-order valence-corrected chi connectivity index (χ4v) is 2.36. The topological polar surface area (TPSA) is 39.9 Å². The highest BCUT2D eigenvalue weighted by Gasteiger charge is 2.21. The number of ether oxygens (including phenoxy) is 1. The Morgan fingerprint density at radius 2 is 2.37 bits per heavy atom. The van der Waals surface area contributed by atoms with Crippen molar-refractivity contribution in [1.29, 1.82) is 0 Å². The van der Waals surface area contributed by atoms with Crippen LogP contribution in [0.2, 0.25) is 0 Å². The summed E-state index contributed by atoms with van der Waals surface area (Å²) in [4.78, 5) is 8.95. The molecule has 1 aliphatic carbocycles. The highest BCUT2D eigenvalue weighted by atomic mass is 35.5. The van der Waals surface area contributed by atoms with Gasteiger partial charge in [0.05, 0.1) is 12.0 Å². The molecule has 1 aliphatic rings. The van der Waals surface area contributed by atoms with Crippen molar-refractivity contribution in [1.82, 2.24) is 14.5 Å². The van der Waals surface area contributed by atoms with E-state index in [2.05, 4.69) is 14.5 Å². The maximum absolute atomic E-state index is 6.20. The van der Waals surface area contributed by atoms with Gasteiger partial charge in [-0.15, -0.1) is 11.6 Å². The number of halogens is 1. The molecule has 0 radical (unpaired) electrons. The van der Waals surface area contributed by atoms with E-state index in [1.165, 1.54) is 12.8 Å². The molecule has 0 saturated heterocycles. The highest BCUT2D eigenvalue weighted by molar-refractivity contribution is 6.20. The zero-order chi connectivity index (χ0) is 13.2. The number of imidazole rings is 1. The third-order valence-corrected chi connectivity index (χ3v) is 3.59. The van der Waals surface area contributed by atoms with Crippen LogP contribution in [0.25, 0.3) is 11.2 Å². The molecular formula is C14H18ClN3O. The lowest BCUT2D eigenvalue weighted by atomic mass is 10.4. The van der Waals surface area contributed by atoms with Gasteiger partial charge in [0.2, 0.25) is 0 Å². The Morgan fingerprint density at radius 1 is 1.53 bits per heavy atom. The Morgan fingerprint density at radius 3 is 3.11 bits per heavy atom. The average Bonchev–Trinajstić information content (AvgIpc) is 3.15. The third-order valence-electron chi connectivity index (χ3n) is 3.40. The van der Waals surface area contributed by atoms with E-state index < -0.39 is 0 Å². The smallest absolute Gasteiger partial charge is 0.160 e. The van der Waals surface area contributed by atoms with Crippen LogP contribution in [0.15, 0.2) is 18.3 Å². The maximum atomic E-state index is 6.20. The Balaban J connectivity index is 1.76. The molecule has 4 nitrogen and oxygen atoms in total. The molecule has 0 aromatic carbocycles. The van der Waals surface area contributed by atoms with Crippen LogP contribution in [-0.4, -0.2) is 27.7 Å². The molecule has 5 heteroatoms. The number of alkyl halides is 1. The molecule has 2 heterocycles. The number of nitrogens with zero attached hydrogens (tertiary/aromatic N) is 3. The quantitative estimate of drug-likeness (QED) is 0.602. The molecule has 1 fully saturated rings. The van der Waals surface area contributed by atoms with Gasteiger partial charge in [-0.25, -0.2) is 9.97 Å².